The molecule has 100 valence electrons. The first-order chi connectivity index (χ1) is 8.52. The van der Waals surface area contributed by atoms with E-state index in [9.17, 15) is 9.18 Å². The summed E-state index contributed by atoms with van der Waals surface area (Å²) in [6.45, 7) is 1.66. The quantitative estimate of drug-likeness (QED) is 0.841. The second-order valence-corrected chi connectivity index (χ2v) is 4.70. The van der Waals surface area contributed by atoms with Gasteiger partial charge in [0.25, 0.3) is 5.91 Å². The van der Waals surface area contributed by atoms with Gasteiger partial charge in [0.2, 0.25) is 0 Å². The highest BCUT2D eigenvalue weighted by Crippen LogP contribution is 2.25. The van der Waals surface area contributed by atoms with E-state index in [-0.39, 0.29) is 31.0 Å². The predicted octanol–water partition coefficient (Wildman–Crippen LogP) is 1.85. The summed E-state index contributed by atoms with van der Waals surface area (Å²) in [5.74, 6) is -0.260. The summed E-state index contributed by atoms with van der Waals surface area (Å²) in [6, 6.07) is 3.86. The molecule has 0 radical (unpaired) electrons. The van der Waals surface area contributed by atoms with Gasteiger partial charge in [-0.15, -0.1) is 0 Å². The first kappa shape index (κ1) is 14.9. The van der Waals surface area contributed by atoms with E-state index in [1.165, 1.54) is 18.2 Å². The molecule has 1 aromatic rings. The molecule has 6 heteroatoms. The molecular weight excluding hydrogens is 305 g/mol. The zero-order valence-corrected chi connectivity index (χ0v) is 11.5. The van der Waals surface area contributed by atoms with Crippen molar-refractivity contribution in [2.24, 2.45) is 0 Å². The molecule has 1 unspecified atom stereocenters. The predicted molar refractivity (Wildman–Crippen MR) is 68.9 cm³/mol. The molecule has 4 nitrogen and oxygen atoms in total. The van der Waals surface area contributed by atoms with Crippen molar-refractivity contribution in [2.75, 3.05) is 13.2 Å². The van der Waals surface area contributed by atoms with Crippen LogP contribution in [0, 0.1) is 5.82 Å². The van der Waals surface area contributed by atoms with Crippen LogP contribution in [0.25, 0.3) is 0 Å². The second kappa shape index (κ2) is 7.33. The smallest absolute Gasteiger partial charge is 0.258 e. The van der Waals surface area contributed by atoms with Gasteiger partial charge in [0, 0.05) is 12.6 Å². The maximum absolute atomic E-state index is 12.8. The molecule has 0 bridgehead atoms. The van der Waals surface area contributed by atoms with Crippen molar-refractivity contribution in [1.82, 2.24) is 5.32 Å². The molecule has 0 fully saturated rings. The molecule has 1 rings (SSSR count). The van der Waals surface area contributed by atoms with Crippen LogP contribution in [-0.4, -0.2) is 30.3 Å². The number of halogens is 2. The molecule has 0 spiro atoms. The van der Waals surface area contributed by atoms with Crippen LogP contribution in [0.4, 0.5) is 4.39 Å². The van der Waals surface area contributed by atoms with Gasteiger partial charge in [0.05, 0.1) is 4.47 Å². The first-order valence-corrected chi connectivity index (χ1v) is 6.30. The first-order valence-electron chi connectivity index (χ1n) is 5.51. The number of rotatable bonds is 6. The van der Waals surface area contributed by atoms with Gasteiger partial charge in [-0.3, -0.25) is 4.79 Å². The second-order valence-electron chi connectivity index (χ2n) is 3.84. The zero-order chi connectivity index (χ0) is 13.5. The topological polar surface area (TPSA) is 58.6 Å². The fraction of sp³-hybridized carbons (Fsp3) is 0.417. The number of nitrogens with one attached hydrogen (secondary N) is 1. The number of ether oxygens (including phenoxy) is 1. The zero-order valence-electron chi connectivity index (χ0n) is 9.95. The number of benzene rings is 1. The Hall–Kier alpha value is -1.14. The number of carbonyl (C=O) groups excluding carboxylic acids is 1. The largest absolute Gasteiger partial charge is 0.483 e. The molecular formula is C12H15BrFNO3. The van der Waals surface area contributed by atoms with Crippen molar-refractivity contribution in [1.29, 1.82) is 0 Å². The van der Waals surface area contributed by atoms with E-state index in [0.717, 1.165) is 0 Å². The third-order valence-electron chi connectivity index (χ3n) is 2.22. The summed E-state index contributed by atoms with van der Waals surface area (Å²) in [5, 5.41) is 11.4. The van der Waals surface area contributed by atoms with Crippen LogP contribution in [0.3, 0.4) is 0 Å². The maximum Gasteiger partial charge on any atom is 0.258 e. The lowest BCUT2D eigenvalue weighted by atomic mass is 10.2. The van der Waals surface area contributed by atoms with Crippen molar-refractivity contribution in [3.05, 3.63) is 28.5 Å². The van der Waals surface area contributed by atoms with Gasteiger partial charge in [-0.25, -0.2) is 4.39 Å². The minimum Gasteiger partial charge on any atom is -0.483 e. The molecule has 0 aliphatic rings. The van der Waals surface area contributed by atoms with E-state index in [2.05, 4.69) is 21.2 Å². The highest BCUT2D eigenvalue weighted by Gasteiger charge is 2.09. The number of aliphatic hydroxyl groups is 1. The van der Waals surface area contributed by atoms with Crippen LogP contribution < -0.4 is 10.1 Å². The minimum absolute atomic E-state index is 0.0197. The molecule has 1 amide bonds. The van der Waals surface area contributed by atoms with Gasteiger partial charge in [0.15, 0.2) is 6.61 Å². The van der Waals surface area contributed by atoms with Gasteiger partial charge in [-0.2, -0.15) is 0 Å². The van der Waals surface area contributed by atoms with Gasteiger partial charge in [-0.1, -0.05) is 0 Å². The van der Waals surface area contributed by atoms with E-state index in [1.54, 1.807) is 6.92 Å². The number of carbonyl (C=O) groups is 1. The molecule has 0 saturated heterocycles. The summed E-state index contributed by atoms with van der Waals surface area (Å²) in [7, 11) is 0. The number of aliphatic hydroxyl groups excluding tert-OH is 1. The summed E-state index contributed by atoms with van der Waals surface area (Å²) in [4.78, 5) is 11.5. The minimum atomic E-state index is -0.379. The van der Waals surface area contributed by atoms with Crippen LogP contribution >= 0.6 is 15.9 Å². The Kier molecular flexibility index (Phi) is 6.07. The Morgan fingerprint density at radius 2 is 2.33 bits per heavy atom. The SMILES string of the molecule is CC(CCO)NC(=O)COc1ccc(F)cc1Br. The molecule has 0 aliphatic heterocycles. The van der Waals surface area contributed by atoms with E-state index in [4.69, 9.17) is 9.84 Å². The van der Waals surface area contributed by atoms with E-state index in [1.807, 2.05) is 0 Å². The summed E-state index contributed by atoms with van der Waals surface area (Å²) in [6.07, 6.45) is 0.492. The lowest BCUT2D eigenvalue weighted by molar-refractivity contribution is -0.123. The van der Waals surface area contributed by atoms with Gasteiger partial charge < -0.3 is 15.2 Å². The Bertz CT molecular complexity index is 414. The maximum atomic E-state index is 12.8. The average molecular weight is 320 g/mol. The fourth-order valence-corrected chi connectivity index (χ4v) is 1.78. The van der Waals surface area contributed by atoms with Gasteiger partial charge in [0.1, 0.15) is 11.6 Å². The number of hydrogen-bond acceptors (Lipinski definition) is 3. The third kappa shape index (κ3) is 5.01. The Balaban J connectivity index is 2.42. The highest BCUT2D eigenvalue weighted by atomic mass is 79.9. The fourth-order valence-electron chi connectivity index (χ4n) is 1.32. The Morgan fingerprint density at radius 1 is 1.61 bits per heavy atom. The molecule has 0 aromatic heterocycles. The third-order valence-corrected chi connectivity index (χ3v) is 2.84. The van der Waals surface area contributed by atoms with Crippen molar-refractivity contribution in [3.8, 4) is 5.75 Å². The molecule has 2 N–H and O–H groups in total. The standard InChI is InChI=1S/C12H15BrFNO3/c1-8(4-5-16)15-12(17)7-18-11-3-2-9(14)6-10(11)13/h2-3,6,8,16H,4-5,7H2,1H3,(H,15,17). The van der Waals surface area contributed by atoms with E-state index in [0.29, 0.717) is 16.6 Å². The van der Waals surface area contributed by atoms with Crippen LogP contribution in [0.1, 0.15) is 13.3 Å². The van der Waals surface area contributed by atoms with E-state index < -0.39 is 0 Å². The van der Waals surface area contributed by atoms with Gasteiger partial charge in [-0.05, 0) is 47.5 Å². The molecule has 0 aliphatic carbocycles. The highest BCUT2D eigenvalue weighted by molar-refractivity contribution is 9.10. The lowest BCUT2D eigenvalue weighted by Gasteiger charge is -2.13. The van der Waals surface area contributed by atoms with Gasteiger partial charge >= 0.3 is 0 Å². The van der Waals surface area contributed by atoms with Crippen molar-refractivity contribution in [3.63, 3.8) is 0 Å². The normalized spacial score (nSPS) is 12.0. The molecule has 18 heavy (non-hydrogen) atoms. The van der Waals surface area contributed by atoms with Crippen LogP contribution in [0.15, 0.2) is 22.7 Å². The Labute approximate surface area is 113 Å². The van der Waals surface area contributed by atoms with Crippen LogP contribution in [0.2, 0.25) is 0 Å². The Morgan fingerprint density at radius 3 is 2.94 bits per heavy atom. The number of hydrogen-bond donors (Lipinski definition) is 2. The molecule has 0 saturated carbocycles. The summed E-state index contributed by atoms with van der Waals surface area (Å²) >= 11 is 3.14. The summed E-state index contributed by atoms with van der Waals surface area (Å²) < 4.78 is 18.5. The van der Waals surface area contributed by atoms with E-state index >= 15 is 0 Å². The van der Waals surface area contributed by atoms with Crippen molar-refractivity contribution in [2.45, 2.75) is 19.4 Å². The lowest BCUT2D eigenvalue weighted by Crippen LogP contribution is -2.36. The van der Waals surface area contributed by atoms with Crippen molar-refractivity contribution < 1.29 is 19.0 Å². The molecule has 1 atom stereocenters. The van der Waals surface area contributed by atoms with Crippen LogP contribution in [-0.2, 0) is 4.79 Å². The molecule has 0 heterocycles. The van der Waals surface area contributed by atoms with Crippen LogP contribution in [0.5, 0.6) is 5.75 Å². The van der Waals surface area contributed by atoms with Crippen molar-refractivity contribution >= 4 is 21.8 Å². The average Bonchev–Trinajstić information content (AvgIpc) is 2.28. The monoisotopic (exact) mass is 319 g/mol. The number of amides is 1. The molecule has 1 aromatic carbocycles. The summed E-state index contributed by atoms with van der Waals surface area (Å²) in [5.41, 5.74) is 0.